The van der Waals surface area contributed by atoms with Crippen LogP contribution >= 0.6 is 0 Å². The van der Waals surface area contributed by atoms with Gasteiger partial charge in [-0.2, -0.15) is 72.8 Å². The van der Waals surface area contributed by atoms with E-state index in [1.54, 1.807) is 18.6 Å². The molecule has 0 N–H and O–H groups in total. The molecule has 725 valence electrons. The predicted molar refractivity (Wildman–Crippen MR) is 593 cm³/mol. The van der Waals surface area contributed by atoms with Crippen LogP contribution in [-0.2, 0) is 94.2 Å². The van der Waals surface area contributed by atoms with Crippen molar-refractivity contribution in [2.75, 3.05) is 4.90 Å². The molecule has 2 aliphatic rings. The standard InChI is InChI=1S/C35H22N3.C32H19N.2C18H14N.3C11H8N.3Ir.Pt/c1-4-12-24(13-5-1)31-21-30-29-20-28-27-18-10-11-19-32(27)37(25-14-6-2-7-15-25)33(28)22-34(29)38(35(30)23-36-31)26-16-8-3-9-17-26;1-3-8-22(9-4-1)24-14-16-26-18-28-12-7-13-29-19-27-17-15-25(23-10-5-2-6-11-23)21-31(27)33(32(28)29)30(26)20-24;2*1-14-12-18(16-10-6-3-7-11-16)19-13-17(14)15-8-4-2-5-9-15;3*1-2-6-10(7-3-1)11-8-4-5-9-12-11;;;;/h1-12,14-23H;1-8,10,12-17H,18-19H2;2*2-10,12-13H,1H3;3*1-6,8-9H;;;;/q-1;-4;5*-1;;;;+4. The zero-order chi connectivity index (χ0) is 97.7. The minimum absolute atomic E-state index is 0. The van der Waals surface area contributed by atoms with Gasteiger partial charge in [-0.3, -0.25) is 0 Å². The Balaban J connectivity index is 0.000000124. The Morgan fingerprint density at radius 3 is 0.899 bits per heavy atom. The average molecular weight is 2630 g/mol. The summed E-state index contributed by atoms with van der Waals surface area (Å²) in [5.41, 5.74) is 39.2. The van der Waals surface area contributed by atoms with Crippen LogP contribution in [0.3, 0.4) is 0 Å². The van der Waals surface area contributed by atoms with Crippen LogP contribution in [-0.4, -0.2) is 39.0 Å². The molecule has 17 aromatic carbocycles. The van der Waals surface area contributed by atoms with Crippen LogP contribution in [0.2, 0.25) is 0 Å². The van der Waals surface area contributed by atoms with Gasteiger partial charge in [0.1, 0.15) is 0 Å². The third-order valence-corrected chi connectivity index (χ3v) is 25.4. The summed E-state index contributed by atoms with van der Waals surface area (Å²) >= 11 is 0. The predicted octanol–water partition coefficient (Wildman–Crippen LogP) is 32.9. The van der Waals surface area contributed by atoms with Crippen molar-refractivity contribution in [1.82, 2.24) is 39.0 Å². The van der Waals surface area contributed by atoms with Gasteiger partial charge in [-0.15, -0.1) is 251 Å². The molecule has 0 spiro atoms. The van der Waals surface area contributed by atoms with E-state index in [0.717, 1.165) is 136 Å². The van der Waals surface area contributed by atoms with E-state index < -0.39 is 0 Å². The van der Waals surface area contributed by atoms with Crippen molar-refractivity contribution in [3.8, 4) is 123 Å². The molecule has 8 aromatic heterocycles. The van der Waals surface area contributed by atoms with Gasteiger partial charge in [0.2, 0.25) is 0 Å². The molecule has 0 bridgehead atoms. The number of pyridine rings is 6. The van der Waals surface area contributed by atoms with Gasteiger partial charge >= 0.3 is 21.1 Å². The van der Waals surface area contributed by atoms with Crippen molar-refractivity contribution in [2.45, 2.75) is 26.7 Å². The van der Waals surface area contributed by atoms with Crippen LogP contribution in [0, 0.1) is 74.5 Å². The Kier molecular flexibility index (Phi) is 35.4. The maximum absolute atomic E-state index is 4.87. The zero-order valence-corrected chi connectivity index (χ0v) is 90.6. The van der Waals surface area contributed by atoms with Gasteiger partial charge in [0.15, 0.2) is 0 Å². The monoisotopic (exact) mass is 2630 g/mol. The molecule has 27 rings (SSSR count). The first-order valence-corrected chi connectivity index (χ1v) is 48.3. The van der Waals surface area contributed by atoms with Gasteiger partial charge in [0.05, 0.1) is 22.1 Å². The van der Waals surface area contributed by atoms with Gasteiger partial charge < -0.3 is 43.9 Å². The molecule has 0 saturated carbocycles. The van der Waals surface area contributed by atoms with Gasteiger partial charge in [0, 0.05) is 147 Å². The zero-order valence-electron chi connectivity index (χ0n) is 81.2. The summed E-state index contributed by atoms with van der Waals surface area (Å²) in [6, 6.07) is 192. The van der Waals surface area contributed by atoms with Crippen LogP contribution in [0.4, 0.5) is 17.1 Å². The molecule has 10 heterocycles. The quantitative estimate of drug-likeness (QED) is 0.113. The molecule has 0 unspecified atom stereocenters. The molecule has 13 heteroatoms. The van der Waals surface area contributed by atoms with E-state index in [1.165, 1.54) is 93.9 Å². The molecule has 0 aliphatic carbocycles. The smallest absolute Gasteiger partial charge is 0.347 e. The summed E-state index contributed by atoms with van der Waals surface area (Å²) in [5.74, 6) is 0. The van der Waals surface area contributed by atoms with Crippen LogP contribution < -0.4 is 4.90 Å². The summed E-state index contributed by atoms with van der Waals surface area (Å²) < 4.78 is 4.71. The Labute approximate surface area is 926 Å². The number of benzene rings is 17. The van der Waals surface area contributed by atoms with E-state index in [9.17, 15) is 0 Å². The fourth-order valence-electron chi connectivity index (χ4n) is 18.5. The normalized spacial score (nSPS) is 10.9. The molecule has 149 heavy (non-hydrogen) atoms. The maximum atomic E-state index is 4.87. The Hall–Kier alpha value is -16.3. The summed E-state index contributed by atoms with van der Waals surface area (Å²) in [4.78, 5) is 29.0. The van der Waals surface area contributed by atoms with Crippen molar-refractivity contribution in [1.29, 1.82) is 0 Å². The fraction of sp³-hybridized carbons (Fsp3) is 0.0294. The van der Waals surface area contributed by atoms with Crippen molar-refractivity contribution in [3.63, 3.8) is 0 Å². The maximum Gasteiger partial charge on any atom is 4.00 e. The fourth-order valence-corrected chi connectivity index (χ4v) is 18.5. The minimum Gasteiger partial charge on any atom is -0.347 e. The number of aryl methyl sites for hydroxylation is 2. The van der Waals surface area contributed by atoms with Gasteiger partial charge in [-0.05, 0) is 166 Å². The Bertz CT molecular complexity index is 8100. The minimum atomic E-state index is 0. The van der Waals surface area contributed by atoms with E-state index in [4.69, 9.17) is 4.98 Å². The number of hydrogen-bond donors (Lipinski definition) is 0. The first-order chi connectivity index (χ1) is 71.8. The Morgan fingerprint density at radius 2 is 0.537 bits per heavy atom. The van der Waals surface area contributed by atoms with Crippen LogP contribution in [0.25, 0.3) is 167 Å². The molecule has 2 aliphatic heterocycles. The average Bonchev–Trinajstić information content (AvgIpc) is 1.50. The number of para-hydroxylation sites is 4. The van der Waals surface area contributed by atoms with E-state index >= 15 is 0 Å². The summed E-state index contributed by atoms with van der Waals surface area (Å²) in [7, 11) is 0. The first kappa shape index (κ1) is 104. The third kappa shape index (κ3) is 24.3. The van der Waals surface area contributed by atoms with Crippen LogP contribution in [0.15, 0.2) is 504 Å². The molecule has 0 saturated heterocycles. The van der Waals surface area contributed by atoms with Gasteiger partial charge in [-0.25, -0.2) is 22.3 Å². The SMILES string of the molecule is Cc1cc(-c2[c-]cccc2)ncc1-c1ccccc1.Cc1cc(-c2[c-]cccc2)ncc1-c1ccccc1.[Ir].[Ir].[Ir].[Pt+4].[c-]1ccccc1-c1[c-]c2c(cc1)Cc1cccc3c1N2c1[c-]c(-c2[c-]cccc2)ccc1C3.[c-]1ccccc1-c1cc2c3cc4c5ccccc5n(-c5ccccc5)c4cc3n(-c3ccccc3)c2cn1.[c-]1ccccc1-c1ccccn1.[c-]1ccccc1-c1ccccn1.[c-]1ccccc1-c1ccccn1. The molecule has 0 amide bonds. The topological polar surface area (TPSA) is 90.4 Å². The van der Waals surface area contributed by atoms with Gasteiger partial charge in [0.25, 0.3) is 0 Å². The second-order valence-electron chi connectivity index (χ2n) is 34.8. The second-order valence-corrected chi connectivity index (χ2v) is 34.8. The molecule has 0 atom stereocenters. The number of aromatic nitrogens is 8. The van der Waals surface area contributed by atoms with Crippen molar-refractivity contribution >= 4 is 60.7 Å². The largest absolute Gasteiger partial charge is 4.00 e. The number of hydrogen-bond acceptors (Lipinski definition) is 7. The van der Waals surface area contributed by atoms with Gasteiger partial charge in [-0.1, -0.05) is 188 Å². The summed E-state index contributed by atoms with van der Waals surface area (Å²) in [5, 5.41) is 4.89. The van der Waals surface area contributed by atoms with Crippen LogP contribution in [0.1, 0.15) is 33.4 Å². The van der Waals surface area contributed by atoms with E-state index in [1.807, 2.05) is 273 Å². The number of nitrogens with zero attached hydrogens (tertiary/aromatic N) is 9. The van der Waals surface area contributed by atoms with Crippen molar-refractivity contribution in [2.24, 2.45) is 0 Å². The van der Waals surface area contributed by atoms with E-state index in [2.05, 4.69) is 326 Å². The summed E-state index contributed by atoms with van der Waals surface area (Å²) in [6.45, 7) is 4.24. The molecular weight excluding hydrogens is 2530 g/mol. The van der Waals surface area contributed by atoms with E-state index in [-0.39, 0.29) is 81.4 Å². The molecule has 25 aromatic rings. The van der Waals surface area contributed by atoms with Crippen LogP contribution in [0.5, 0.6) is 0 Å². The molecule has 3 radical (unpaired) electrons. The first-order valence-electron chi connectivity index (χ1n) is 48.3. The second kappa shape index (κ2) is 50.7. The Morgan fingerprint density at radius 1 is 0.221 bits per heavy atom. The number of rotatable bonds is 12. The molecule has 9 nitrogen and oxygen atoms in total. The molecular formula is C136H93Ir3N9Pt-6. The summed E-state index contributed by atoms with van der Waals surface area (Å²) in [6.07, 6.45) is 13.1. The van der Waals surface area contributed by atoms with Crippen molar-refractivity contribution in [3.05, 3.63) is 598 Å². The molecule has 0 fully saturated rings. The third-order valence-electron chi connectivity index (χ3n) is 25.4. The number of fused-ring (bicyclic) bond motifs is 10. The van der Waals surface area contributed by atoms with E-state index in [0.29, 0.717) is 0 Å². The number of anilines is 3. The van der Waals surface area contributed by atoms with Crippen molar-refractivity contribution < 1.29 is 81.4 Å².